The summed E-state index contributed by atoms with van der Waals surface area (Å²) in [5.41, 5.74) is 2.22. The third-order valence-corrected chi connectivity index (χ3v) is 8.05. The molecule has 1 aliphatic carbocycles. The number of hydrogen-bond acceptors (Lipinski definition) is 9. The molecule has 0 spiro atoms. The molecule has 3 aromatic rings. The molecule has 2 aliphatic rings. The van der Waals surface area contributed by atoms with Crippen LogP contribution in [0.3, 0.4) is 0 Å². The first-order chi connectivity index (χ1) is 16.8. The van der Waals surface area contributed by atoms with Gasteiger partial charge in [0.1, 0.15) is 10.4 Å². The first kappa shape index (κ1) is 23.2. The van der Waals surface area contributed by atoms with E-state index in [-0.39, 0.29) is 17.8 Å². The molecule has 4 heterocycles. The second-order valence-corrected chi connectivity index (χ2v) is 10.5. The van der Waals surface area contributed by atoms with Crippen LogP contribution in [0.5, 0.6) is 5.88 Å². The highest BCUT2D eigenvalue weighted by Crippen LogP contribution is 2.50. The smallest absolute Gasteiger partial charge is 0.273 e. The van der Waals surface area contributed by atoms with Crippen molar-refractivity contribution >= 4 is 15.9 Å². The Morgan fingerprint density at radius 1 is 1.17 bits per heavy atom. The number of ether oxygens (including phenoxy) is 1. The van der Waals surface area contributed by atoms with Crippen LogP contribution in [0.4, 0.5) is 0 Å². The third-order valence-electron chi connectivity index (χ3n) is 6.37. The Balaban J connectivity index is 1.37. The summed E-state index contributed by atoms with van der Waals surface area (Å²) < 4.78 is 28.4. The van der Waals surface area contributed by atoms with Gasteiger partial charge in [0.15, 0.2) is 5.82 Å². The van der Waals surface area contributed by atoms with Crippen LogP contribution in [0.1, 0.15) is 60.7 Å². The molecule has 1 atom stereocenters. The van der Waals surface area contributed by atoms with Crippen LogP contribution in [0.15, 0.2) is 43.0 Å². The molecular formula is C23H25N7O4S. The average Bonchev–Trinajstić information content (AvgIpc) is 3.55. The van der Waals surface area contributed by atoms with E-state index in [2.05, 4.69) is 24.9 Å². The fourth-order valence-electron chi connectivity index (χ4n) is 4.37. The van der Waals surface area contributed by atoms with Gasteiger partial charge in [-0.25, -0.2) is 28.5 Å². The van der Waals surface area contributed by atoms with Crippen LogP contribution in [0, 0.1) is 0 Å². The zero-order chi connectivity index (χ0) is 24.6. The molecule has 0 aromatic carbocycles. The van der Waals surface area contributed by atoms with Gasteiger partial charge in [0.2, 0.25) is 15.9 Å². The normalized spacial score (nSPS) is 18.9. The van der Waals surface area contributed by atoms with E-state index in [4.69, 9.17) is 9.88 Å². The quantitative estimate of drug-likeness (QED) is 0.518. The number of nitrogens with zero attached hydrogens (tertiary/aromatic N) is 6. The van der Waals surface area contributed by atoms with E-state index >= 15 is 0 Å². The molecule has 2 fully saturated rings. The summed E-state index contributed by atoms with van der Waals surface area (Å²) in [5, 5.41) is 5.44. The van der Waals surface area contributed by atoms with Crippen molar-refractivity contribution in [3.05, 3.63) is 60.2 Å². The molecule has 35 heavy (non-hydrogen) atoms. The number of pyridine rings is 1. The van der Waals surface area contributed by atoms with Crippen LogP contribution < -0.4 is 9.88 Å². The molecule has 182 valence electrons. The lowest BCUT2D eigenvalue weighted by Gasteiger charge is -2.24. The first-order valence-corrected chi connectivity index (χ1v) is 12.9. The van der Waals surface area contributed by atoms with Crippen LogP contribution in [0.2, 0.25) is 0 Å². The number of rotatable bonds is 7. The molecule has 5 rings (SSSR count). The van der Waals surface area contributed by atoms with Crippen molar-refractivity contribution in [2.24, 2.45) is 5.14 Å². The molecule has 0 bridgehead atoms. The Morgan fingerprint density at radius 2 is 2.00 bits per heavy atom. The summed E-state index contributed by atoms with van der Waals surface area (Å²) >= 11 is 0. The number of aromatic nitrogens is 5. The Morgan fingerprint density at radius 3 is 2.69 bits per heavy atom. The Labute approximate surface area is 202 Å². The Bertz CT molecular complexity index is 1360. The zero-order valence-electron chi connectivity index (χ0n) is 19.2. The molecule has 1 saturated heterocycles. The fourth-order valence-corrected chi connectivity index (χ4v) is 5.39. The molecule has 2 N–H and O–H groups in total. The van der Waals surface area contributed by atoms with Crippen LogP contribution >= 0.6 is 0 Å². The molecule has 1 unspecified atom stereocenters. The maximum absolute atomic E-state index is 13.3. The van der Waals surface area contributed by atoms with Crippen molar-refractivity contribution in [2.45, 2.75) is 43.4 Å². The summed E-state index contributed by atoms with van der Waals surface area (Å²) in [6.07, 6.45) is 8.58. The highest BCUT2D eigenvalue weighted by molar-refractivity contribution is 7.90. The SMILES string of the molecule is CCOc1cncc(-c2ccc(C(=O)N3CCCC3c3ccnc(C4(S(N)(=O)=O)CC4)n3)nc2)n1. The standard InChI is InChI=1S/C23H25N7O4S/c1-2-34-20-14-25-13-18(28-20)15-5-6-17(27-12-15)21(31)30-11-3-4-19(30)16-7-10-26-22(29-16)23(8-9-23)35(24,32)33/h5-7,10,12-14,19H,2-4,8-9,11H2,1H3,(H2,24,32,33). The predicted octanol–water partition coefficient (Wildman–Crippen LogP) is 1.98. The van der Waals surface area contributed by atoms with Gasteiger partial charge in [0.05, 0.1) is 36.4 Å². The van der Waals surface area contributed by atoms with Crippen molar-refractivity contribution < 1.29 is 17.9 Å². The van der Waals surface area contributed by atoms with Gasteiger partial charge < -0.3 is 9.64 Å². The fraction of sp³-hybridized carbons (Fsp3) is 0.391. The van der Waals surface area contributed by atoms with Crippen molar-refractivity contribution in [3.63, 3.8) is 0 Å². The number of nitrogens with two attached hydrogens (primary N) is 1. The minimum Gasteiger partial charge on any atom is -0.477 e. The molecular weight excluding hydrogens is 470 g/mol. The first-order valence-electron chi connectivity index (χ1n) is 11.4. The topological polar surface area (TPSA) is 154 Å². The lowest BCUT2D eigenvalue weighted by Crippen LogP contribution is -2.33. The molecule has 3 aromatic heterocycles. The Kier molecular flexibility index (Phi) is 5.93. The van der Waals surface area contributed by atoms with Crippen molar-refractivity contribution in [1.29, 1.82) is 0 Å². The molecule has 1 amide bonds. The van der Waals surface area contributed by atoms with E-state index < -0.39 is 14.8 Å². The maximum atomic E-state index is 13.3. The summed E-state index contributed by atoms with van der Waals surface area (Å²) in [6.45, 7) is 2.90. The van der Waals surface area contributed by atoms with Crippen LogP contribution in [-0.2, 0) is 14.8 Å². The van der Waals surface area contributed by atoms with E-state index in [1.165, 1.54) is 6.20 Å². The van der Waals surface area contributed by atoms with E-state index in [0.29, 0.717) is 60.9 Å². The second-order valence-electron chi connectivity index (χ2n) is 8.61. The van der Waals surface area contributed by atoms with Gasteiger partial charge in [0, 0.05) is 24.5 Å². The largest absolute Gasteiger partial charge is 0.477 e. The third kappa shape index (κ3) is 4.34. The van der Waals surface area contributed by atoms with Gasteiger partial charge in [-0.05, 0) is 50.8 Å². The van der Waals surface area contributed by atoms with Crippen LogP contribution in [-0.4, -0.2) is 57.3 Å². The number of sulfonamides is 1. The molecule has 11 nitrogen and oxygen atoms in total. The summed E-state index contributed by atoms with van der Waals surface area (Å²) in [7, 11) is -3.82. The summed E-state index contributed by atoms with van der Waals surface area (Å²) in [4.78, 5) is 36.7. The molecule has 12 heteroatoms. The molecule has 1 saturated carbocycles. The van der Waals surface area contributed by atoms with Crippen molar-refractivity contribution in [2.75, 3.05) is 13.2 Å². The van der Waals surface area contributed by atoms with Crippen molar-refractivity contribution in [3.8, 4) is 17.1 Å². The van der Waals surface area contributed by atoms with E-state index in [0.717, 1.165) is 6.42 Å². The van der Waals surface area contributed by atoms with Gasteiger partial charge in [-0.15, -0.1) is 0 Å². The Hall–Kier alpha value is -3.51. The second kappa shape index (κ2) is 8.93. The highest BCUT2D eigenvalue weighted by Gasteiger charge is 2.57. The molecule has 0 radical (unpaired) electrons. The average molecular weight is 496 g/mol. The number of hydrogen-bond donors (Lipinski definition) is 1. The lowest BCUT2D eigenvalue weighted by atomic mass is 10.1. The number of carbonyl (C=O) groups excluding carboxylic acids is 1. The maximum Gasteiger partial charge on any atom is 0.273 e. The monoisotopic (exact) mass is 495 g/mol. The van der Waals surface area contributed by atoms with Gasteiger partial charge in [0.25, 0.3) is 5.91 Å². The summed E-state index contributed by atoms with van der Waals surface area (Å²) in [5.74, 6) is 0.403. The van der Waals surface area contributed by atoms with E-state index in [1.54, 1.807) is 41.7 Å². The predicted molar refractivity (Wildman–Crippen MR) is 125 cm³/mol. The zero-order valence-corrected chi connectivity index (χ0v) is 20.0. The number of amides is 1. The number of primary sulfonamides is 1. The van der Waals surface area contributed by atoms with Gasteiger partial charge in [-0.3, -0.25) is 14.8 Å². The van der Waals surface area contributed by atoms with Gasteiger partial charge in [-0.1, -0.05) is 0 Å². The number of likely N-dealkylation sites (tertiary alicyclic amines) is 1. The van der Waals surface area contributed by atoms with Crippen LogP contribution in [0.25, 0.3) is 11.3 Å². The van der Waals surface area contributed by atoms with E-state index in [9.17, 15) is 13.2 Å². The molecule has 1 aliphatic heterocycles. The lowest BCUT2D eigenvalue weighted by molar-refractivity contribution is 0.0726. The number of carbonyl (C=O) groups is 1. The minimum absolute atomic E-state index is 0.203. The summed E-state index contributed by atoms with van der Waals surface area (Å²) in [6, 6.07) is 4.86. The van der Waals surface area contributed by atoms with Crippen molar-refractivity contribution in [1.82, 2.24) is 29.8 Å². The van der Waals surface area contributed by atoms with Gasteiger partial charge >= 0.3 is 0 Å². The van der Waals surface area contributed by atoms with E-state index in [1.807, 2.05) is 6.92 Å². The minimum atomic E-state index is -3.82. The van der Waals surface area contributed by atoms with Gasteiger partial charge in [-0.2, -0.15) is 0 Å². The highest BCUT2D eigenvalue weighted by atomic mass is 32.2.